The van der Waals surface area contributed by atoms with Crippen molar-refractivity contribution in [3.63, 3.8) is 0 Å². The standard InChI is InChI=1S/C20H18Cl2N4O2/c1-28-20(27)26-11-9-25(10-12-26)19-17-15(22)7-4-8-16(17)23-18(24-19)13-5-2-3-6-14(13)21/h2-8H,9-12H2,1H3. The second kappa shape index (κ2) is 7.81. The van der Waals surface area contributed by atoms with Crippen molar-refractivity contribution in [2.24, 2.45) is 0 Å². The number of benzene rings is 2. The van der Waals surface area contributed by atoms with Crippen LogP contribution >= 0.6 is 23.2 Å². The maximum absolute atomic E-state index is 11.8. The Balaban J connectivity index is 1.79. The van der Waals surface area contributed by atoms with Gasteiger partial charge in [-0.1, -0.05) is 41.4 Å². The van der Waals surface area contributed by atoms with Gasteiger partial charge in [-0.05, 0) is 24.3 Å². The van der Waals surface area contributed by atoms with Crippen molar-refractivity contribution in [1.82, 2.24) is 14.9 Å². The average molecular weight is 417 g/mol. The Kier molecular flexibility index (Phi) is 5.24. The summed E-state index contributed by atoms with van der Waals surface area (Å²) in [5.41, 5.74) is 1.52. The number of rotatable bonds is 2. The van der Waals surface area contributed by atoms with Gasteiger partial charge in [-0.25, -0.2) is 14.8 Å². The molecule has 0 saturated carbocycles. The minimum atomic E-state index is -0.318. The topological polar surface area (TPSA) is 58.6 Å². The first-order valence-corrected chi connectivity index (χ1v) is 9.63. The number of piperazine rings is 1. The number of amides is 1. The zero-order valence-corrected chi connectivity index (χ0v) is 16.7. The Hall–Kier alpha value is -2.57. The van der Waals surface area contributed by atoms with Crippen LogP contribution in [-0.2, 0) is 4.74 Å². The Bertz CT molecular complexity index is 1040. The molecule has 6 nitrogen and oxygen atoms in total. The number of aromatic nitrogens is 2. The van der Waals surface area contributed by atoms with Crippen LogP contribution in [0.4, 0.5) is 10.6 Å². The molecule has 8 heteroatoms. The molecule has 1 fully saturated rings. The highest BCUT2D eigenvalue weighted by Gasteiger charge is 2.25. The van der Waals surface area contributed by atoms with Gasteiger partial charge in [-0.15, -0.1) is 0 Å². The lowest BCUT2D eigenvalue weighted by molar-refractivity contribution is 0.121. The molecule has 3 aromatic rings. The van der Waals surface area contributed by atoms with Gasteiger partial charge >= 0.3 is 6.09 Å². The third-order valence-corrected chi connectivity index (χ3v) is 5.42. The monoisotopic (exact) mass is 416 g/mol. The molecule has 1 saturated heterocycles. The maximum Gasteiger partial charge on any atom is 0.409 e. The van der Waals surface area contributed by atoms with Crippen LogP contribution in [-0.4, -0.2) is 54.2 Å². The van der Waals surface area contributed by atoms with E-state index in [0.29, 0.717) is 42.0 Å². The van der Waals surface area contributed by atoms with Crippen LogP contribution in [0, 0.1) is 0 Å². The number of anilines is 1. The molecular weight excluding hydrogens is 399 g/mol. The van der Waals surface area contributed by atoms with E-state index in [-0.39, 0.29) is 6.09 Å². The molecule has 0 aliphatic carbocycles. The molecule has 144 valence electrons. The van der Waals surface area contributed by atoms with Gasteiger partial charge in [0.1, 0.15) is 5.82 Å². The van der Waals surface area contributed by atoms with Crippen molar-refractivity contribution < 1.29 is 9.53 Å². The fraction of sp³-hybridized carbons (Fsp3) is 0.250. The van der Waals surface area contributed by atoms with E-state index in [4.69, 9.17) is 32.9 Å². The van der Waals surface area contributed by atoms with E-state index in [1.54, 1.807) is 4.90 Å². The molecule has 0 N–H and O–H groups in total. The second-order valence-electron chi connectivity index (χ2n) is 6.43. The predicted octanol–water partition coefficient (Wildman–Crippen LogP) is 4.49. The Morgan fingerprint density at radius 2 is 1.68 bits per heavy atom. The molecule has 0 spiro atoms. The number of hydrogen-bond donors (Lipinski definition) is 0. The zero-order chi connectivity index (χ0) is 19.7. The first kappa shape index (κ1) is 18.8. The van der Waals surface area contributed by atoms with Crippen molar-refractivity contribution in [3.05, 3.63) is 52.5 Å². The van der Waals surface area contributed by atoms with E-state index in [2.05, 4.69) is 9.88 Å². The van der Waals surface area contributed by atoms with E-state index >= 15 is 0 Å². The van der Waals surface area contributed by atoms with Gasteiger partial charge in [-0.2, -0.15) is 0 Å². The van der Waals surface area contributed by atoms with E-state index in [0.717, 1.165) is 22.3 Å². The van der Waals surface area contributed by atoms with Gasteiger partial charge in [0.25, 0.3) is 0 Å². The lowest BCUT2D eigenvalue weighted by Gasteiger charge is -2.35. The van der Waals surface area contributed by atoms with Crippen LogP contribution in [0.25, 0.3) is 22.3 Å². The van der Waals surface area contributed by atoms with E-state index in [1.165, 1.54) is 7.11 Å². The molecule has 1 aromatic heterocycles. The van der Waals surface area contributed by atoms with Crippen LogP contribution in [0.15, 0.2) is 42.5 Å². The van der Waals surface area contributed by atoms with Crippen molar-refractivity contribution >= 4 is 46.0 Å². The summed E-state index contributed by atoms with van der Waals surface area (Å²) >= 11 is 12.9. The molecule has 4 rings (SSSR count). The van der Waals surface area contributed by atoms with Gasteiger partial charge < -0.3 is 14.5 Å². The summed E-state index contributed by atoms with van der Waals surface area (Å²) < 4.78 is 4.82. The lowest BCUT2D eigenvalue weighted by Crippen LogP contribution is -2.49. The molecule has 0 bridgehead atoms. The normalized spacial score (nSPS) is 14.4. The van der Waals surface area contributed by atoms with Crippen LogP contribution in [0.3, 0.4) is 0 Å². The summed E-state index contributed by atoms with van der Waals surface area (Å²) in [5, 5.41) is 1.98. The number of hydrogen-bond acceptors (Lipinski definition) is 5. The van der Waals surface area contributed by atoms with Crippen LogP contribution < -0.4 is 4.90 Å². The zero-order valence-electron chi connectivity index (χ0n) is 15.2. The molecule has 0 atom stereocenters. The summed E-state index contributed by atoms with van der Waals surface area (Å²) in [6.07, 6.45) is -0.318. The first-order chi connectivity index (χ1) is 13.6. The summed E-state index contributed by atoms with van der Waals surface area (Å²) in [5.74, 6) is 1.29. The molecular formula is C20H18Cl2N4O2. The molecule has 2 heterocycles. The minimum absolute atomic E-state index is 0.318. The summed E-state index contributed by atoms with van der Waals surface area (Å²) in [6, 6.07) is 13.1. The second-order valence-corrected chi connectivity index (χ2v) is 7.24. The van der Waals surface area contributed by atoms with E-state index < -0.39 is 0 Å². The lowest BCUT2D eigenvalue weighted by atomic mass is 10.1. The molecule has 1 aliphatic rings. The smallest absolute Gasteiger partial charge is 0.409 e. The largest absolute Gasteiger partial charge is 0.453 e. The summed E-state index contributed by atoms with van der Waals surface area (Å²) in [6.45, 7) is 2.33. The molecule has 0 radical (unpaired) electrons. The summed E-state index contributed by atoms with van der Waals surface area (Å²) in [7, 11) is 1.39. The SMILES string of the molecule is COC(=O)N1CCN(c2nc(-c3ccccc3Cl)nc3cccc(Cl)c23)CC1. The Morgan fingerprint density at radius 3 is 2.39 bits per heavy atom. The third-order valence-electron chi connectivity index (χ3n) is 4.78. The number of halogens is 2. The number of methoxy groups -OCH3 is 1. The number of carbonyl (C=O) groups excluding carboxylic acids is 1. The number of nitrogens with zero attached hydrogens (tertiary/aromatic N) is 4. The average Bonchev–Trinajstić information content (AvgIpc) is 2.73. The molecule has 0 unspecified atom stereocenters. The highest BCUT2D eigenvalue weighted by atomic mass is 35.5. The molecule has 1 amide bonds. The van der Waals surface area contributed by atoms with Crippen molar-refractivity contribution in [3.8, 4) is 11.4 Å². The van der Waals surface area contributed by atoms with Gasteiger partial charge in [0, 0.05) is 31.7 Å². The van der Waals surface area contributed by atoms with Gasteiger partial charge in [0.15, 0.2) is 5.82 Å². The number of fused-ring (bicyclic) bond motifs is 1. The fourth-order valence-electron chi connectivity index (χ4n) is 3.34. The molecule has 28 heavy (non-hydrogen) atoms. The van der Waals surface area contributed by atoms with E-state index in [1.807, 2.05) is 42.5 Å². The maximum atomic E-state index is 11.8. The van der Waals surface area contributed by atoms with Gasteiger partial charge in [-0.3, -0.25) is 0 Å². The Labute approximate surface area is 172 Å². The Morgan fingerprint density at radius 1 is 0.964 bits per heavy atom. The highest BCUT2D eigenvalue weighted by molar-refractivity contribution is 6.36. The fourth-order valence-corrected chi connectivity index (χ4v) is 3.82. The van der Waals surface area contributed by atoms with Crippen molar-refractivity contribution in [2.75, 3.05) is 38.2 Å². The minimum Gasteiger partial charge on any atom is -0.453 e. The van der Waals surface area contributed by atoms with Gasteiger partial charge in [0.2, 0.25) is 0 Å². The van der Waals surface area contributed by atoms with Crippen LogP contribution in [0.5, 0.6) is 0 Å². The molecule has 2 aromatic carbocycles. The van der Waals surface area contributed by atoms with Gasteiger partial charge in [0.05, 0.1) is 28.1 Å². The number of ether oxygens (including phenoxy) is 1. The van der Waals surface area contributed by atoms with Crippen LogP contribution in [0.1, 0.15) is 0 Å². The quantitative estimate of drug-likeness (QED) is 0.615. The first-order valence-electron chi connectivity index (χ1n) is 8.87. The van der Waals surface area contributed by atoms with E-state index in [9.17, 15) is 4.79 Å². The van der Waals surface area contributed by atoms with Crippen molar-refractivity contribution in [2.45, 2.75) is 0 Å². The highest BCUT2D eigenvalue weighted by Crippen LogP contribution is 2.34. The predicted molar refractivity (Wildman–Crippen MR) is 111 cm³/mol. The van der Waals surface area contributed by atoms with Crippen LogP contribution in [0.2, 0.25) is 10.0 Å². The molecule has 1 aliphatic heterocycles. The van der Waals surface area contributed by atoms with Crippen molar-refractivity contribution in [1.29, 1.82) is 0 Å². The third kappa shape index (κ3) is 3.45. The summed E-state index contributed by atoms with van der Waals surface area (Å²) in [4.78, 5) is 25.1. The number of carbonyl (C=O) groups is 1.